The van der Waals surface area contributed by atoms with Crippen LogP contribution in [-0.2, 0) is 4.84 Å². The summed E-state index contributed by atoms with van der Waals surface area (Å²) < 4.78 is 0. The Bertz CT molecular complexity index is 148. The minimum Gasteiger partial charge on any atom is -0.596 e. The number of nitriles is 1. The lowest BCUT2D eigenvalue weighted by Crippen LogP contribution is -2.13. The molecule has 0 amide bonds. The Labute approximate surface area is 52.7 Å². The number of hydrogen-bond acceptors (Lipinski definition) is 4. The van der Waals surface area contributed by atoms with Crippen LogP contribution in [0.3, 0.4) is 0 Å². The van der Waals surface area contributed by atoms with Gasteiger partial charge in [-0.05, 0) is 4.86 Å². The Balaban J connectivity index is 3.89. The van der Waals surface area contributed by atoms with Crippen LogP contribution in [0.2, 0.25) is 0 Å². The lowest BCUT2D eigenvalue weighted by molar-refractivity contribution is -0.576. The Morgan fingerprint density at radius 3 is 2.78 bits per heavy atom. The van der Waals surface area contributed by atoms with E-state index in [2.05, 4.69) is 10.1 Å². The van der Waals surface area contributed by atoms with E-state index in [1.54, 1.807) is 6.07 Å². The normalized spacial score (nSPS) is 14.1. The van der Waals surface area contributed by atoms with Crippen LogP contribution in [0.15, 0.2) is 5.28 Å². The third-order valence-corrected chi connectivity index (χ3v) is 0.680. The van der Waals surface area contributed by atoms with Crippen molar-refractivity contribution in [2.45, 2.75) is 13.0 Å². The van der Waals surface area contributed by atoms with Gasteiger partial charge < -0.3 is 10.0 Å². The molecule has 0 N–H and O–H groups in total. The molecule has 0 aliphatic heterocycles. The fraction of sp³-hybridized carbons (Fsp3) is 0.750. The van der Waals surface area contributed by atoms with E-state index < -0.39 is 6.04 Å². The van der Waals surface area contributed by atoms with E-state index in [0.717, 1.165) is 0 Å². The highest BCUT2D eigenvalue weighted by Gasteiger charge is 2.07. The Hall–Kier alpha value is -1.31. The summed E-state index contributed by atoms with van der Waals surface area (Å²) in [7, 11) is 1.25. The Kier molecular flexibility index (Phi) is 3.13. The zero-order valence-electron chi connectivity index (χ0n) is 5.24. The summed E-state index contributed by atoms with van der Waals surface area (Å²) >= 11 is 0. The SMILES string of the molecule is CO/N=[N+](\[O-])C(C)C#N. The summed E-state index contributed by atoms with van der Waals surface area (Å²) in [5, 5.41) is 21.5. The van der Waals surface area contributed by atoms with Gasteiger partial charge >= 0.3 is 0 Å². The van der Waals surface area contributed by atoms with E-state index in [0.29, 0.717) is 0 Å². The van der Waals surface area contributed by atoms with Crippen LogP contribution in [-0.4, -0.2) is 18.0 Å². The van der Waals surface area contributed by atoms with E-state index in [1.165, 1.54) is 14.0 Å². The fourth-order valence-corrected chi connectivity index (χ4v) is 0.201. The highest BCUT2D eigenvalue weighted by Crippen LogP contribution is 1.86. The summed E-state index contributed by atoms with van der Waals surface area (Å²) in [6.07, 6.45) is 0. The molecule has 1 unspecified atom stereocenters. The first-order valence-electron chi connectivity index (χ1n) is 2.32. The van der Waals surface area contributed by atoms with Crippen molar-refractivity contribution in [3.63, 3.8) is 0 Å². The molecule has 0 saturated heterocycles. The molecule has 9 heavy (non-hydrogen) atoms. The van der Waals surface area contributed by atoms with Gasteiger partial charge in [0.2, 0.25) is 5.28 Å². The van der Waals surface area contributed by atoms with Crippen LogP contribution in [0.25, 0.3) is 0 Å². The molecule has 0 radical (unpaired) electrons. The highest BCUT2D eigenvalue weighted by molar-refractivity contribution is 4.76. The summed E-state index contributed by atoms with van der Waals surface area (Å²) in [4.78, 5) is 4.31. The molecule has 0 rings (SSSR count). The first-order chi connectivity index (χ1) is 4.22. The van der Waals surface area contributed by atoms with E-state index in [9.17, 15) is 5.21 Å². The van der Waals surface area contributed by atoms with Crippen LogP contribution in [0.1, 0.15) is 6.92 Å². The maximum atomic E-state index is 10.4. The number of nitrogens with zero attached hydrogens (tertiary/aromatic N) is 3. The lowest BCUT2D eigenvalue weighted by atomic mass is 10.4. The van der Waals surface area contributed by atoms with Crippen LogP contribution >= 0.6 is 0 Å². The number of hydroxylamine groups is 1. The zero-order valence-corrected chi connectivity index (χ0v) is 5.24. The van der Waals surface area contributed by atoms with Gasteiger partial charge in [-0.1, -0.05) is 0 Å². The topological polar surface area (TPSA) is 71.4 Å². The number of rotatable bonds is 2. The Morgan fingerprint density at radius 1 is 1.89 bits per heavy atom. The number of hydrogen-bond donors (Lipinski definition) is 0. The first kappa shape index (κ1) is 7.69. The predicted molar refractivity (Wildman–Crippen MR) is 28.1 cm³/mol. The molecule has 0 saturated carbocycles. The van der Waals surface area contributed by atoms with Crippen molar-refractivity contribution >= 4 is 0 Å². The Morgan fingerprint density at radius 2 is 2.44 bits per heavy atom. The predicted octanol–water partition coefficient (Wildman–Crippen LogP) is 0.422. The van der Waals surface area contributed by atoms with Gasteiger partial charge in [0, 0.05) is 6.92 Å². The molecule has 0 bridgehead atoms. The molecular weight excluding hydrogens is 122 g/mol. The molecule has 0 aliphatic rings. The smallest absolute Gasteiger partial charge is 0.275 e. The minimum absolute atomic E-state index is 0.194. The minimum atomic E-state index is -0.787. The van der Waals surface area contributed by atoms with Gasteiger partial charge in [0.25, 0.3) is 6.04 Å². The molecule has 0 aromatic heterocycles. The fourth-order valence-electron chi connectivity index (χ4n) is 0.201. The zero-order chi connectivity index (χ0) is 7.28. The molecule has 50 valence electrons. The van der Waals surface area contributed by atoms with Gasteiger partial charge in [0.1, 0.15) is 13.2 Å². The molecule has 0 aromatic rings. The molecule has 0 aromatic carbocycles. The van der Waals surface area contributed by atoms with Gasteiger partial charge in [-0.15, -0.1) is 0 Å². The molecule has 5 nitrogen and oxygen atoms in total. The maximum Gasteiger partial charge on any atom is 0.275 e. The van der Waals surface area contributed by atoms with Gasteiger partial charge in [0.15, 0.2) is 0 Å². The lowest BCUT2D eigenvalue weighted by Gasteiger charge is -1.97. The van der Waals surface area contributed by atoms with E-state index in [-0.39, 0.29) is 4.86 Å². The van der Waals surface area contributed by atoms with Gasteiger partial charge in [-0.3, -0.25) is 0 Å². The van der Waals surface area contributed by atoms with Crippen LogP contribution in [0.5, 0.6) is 0 Å². The molecule has 0 spiro atoms. The summed E-state index contributed by atoms with van der Waals surface area (Å²) in [6.45, 7) is 1.43. The molecular formula is C4H7N3O2. The highest BCUT2D eigenvalue weighted by atomic mass is 16.7. The largest absolute Gasteiger partial charge is 0.596 e. The second-order valence-electron chi connectivity index (χ2n) is 1.37. The van der Waals surface area contributed by atoms with Crippen LogP contribution < -0.4 is 0 Å². The third kappa shape index (κ3) is 2.49. The molecule has 0 heterocycles. The summed E-state index contributed by atoms with van der Waals surface area (Å²) in [5.74, 6) is 0. The average molecular weight is 129 g/mol. The van der Waals surface area contributed by atoms with Gasteiger partial charge in [-0.25, -0.2) is 0 Å². The van der Waals surface area contributed by atoms with Crippen molar-refractivity contribution in [3.05, 3.63) is 5.21 Å². The van der Waals surface area contributed by atoms with E-state index >= 15 is 0 Å². The quantitative estimate of drug-likeness (QED) is 0.308. The standard InChI is InChI=1S/C4H7N3O2/c1-4(3-5)7(8)6-9-2/h4H,1-2H3/b7-6-. The van der Waals surface area contributed by atoms with Gasteiger partial charge in [-0.2, -0.15) is 5.26 Å². The summed E-state index contributed by atoms with van der Waals surface area (Å²) in [6, 6.07) is 0.902. The van der Waals surface area contributed by atoms with Crippen molar-refractivity contribution in [3.8, 4) is 6.07 Å². The van der Waals surface area contributed by atoms with E-state index in [1.807, 2.05) is 0 Å². The molecule has 0 aliphatic carbocycles. The first-order valence-corrected chi connectivity index (χ1v) is 2.32. The third-order valence-electron chi connectivity index (χ3n) is 0.680. The van der Waals surface area contributed by atoms with Crippen molar-refractivity contribution in [2.24, 2.45) is 5.28 Å². The molecule has 0 fully saturated rings. The average Bonchev–Trinajstić information content (AvgIpc) is 1.87. The van der Waals surface area contributed by atoms with Crippen LogP contribution in [0, 0.1) is 16.5 Å². The molecule has 1 atom stereocenters. The van der Waals surface area contributed by atoms with Crippen molar-refractivity contribution in [1.29, 1.82) is 5.26 Å². The second kappa shape index (κ2) is 3.66. The maximum absolute atomic E-state index is 10.4. The van der Waals surface area contributed by atoms with Crippen molar-refractivity contribution < 1.29 is 9.70 Å². The summed E-state index contributed by atoms with van der Waals surface area (Å²) in [5.41, 5.74) is 0. The monoisotopic (exact) mass is 129 g/mol. The van der Waals surface area contributed by atoms with Crippen molar-refractivity contribution in [1.82, 2.24) is 0 Å². The van der Waals surface area contributed by atoms with Crippen LogP contribution in [0.4, 0.5) is 0 Å². The van der Waals surface area contributed by atoms with Gasteiger partial charge in [0.05, 0.1) is 0 Å². The second-order valence-corrected chi connectivity index (χ2v) is 1.37. The van der Waals surface area contributed by atoms with E-state index in [4.69, 9.17) is 5.26 Å². The van der Waals surface area contributed by atoms with Crippen molar-refractivity contribution in [2.75, 3.05) is 7.11 Å². The molecule has 5 heteroatoms.